The van der Waals surface area contributed by atoms with Crippen molar-refractivity contribution in [3.8, 4) is 12.0 Å². The fraction of sp³-hybridized carbons (Fsp3) is 0.769. The van der Waals surface area contributed by atoms with E-state index in [0.29, 0.717) is 5.92 Å². The highest BCUT2D eigenvalue weighted by Crippen LogP contribution is 2.34. The summed E-state index contributed by atoms with van der Waals surface area (Å²) in [6.45, 7) is 6.20. The second-order valence-electron chi connectivity index (χ2n) is 5.12. The Hall–Kier alpha value is -1.01. The van der Waals surface area contributed by atoms with Crippen molar-refractivity contribution in [2.75, 3.05) is 0 Å². The molecule has 0 aromatic rings. The SMILES string of the molecule is CCC(=N)CC1CC(C#CN)OC(C)(C)C1. The molecule has 1 rings (SSSR count). The van der Waals surface area contributed by atoms with Crippen LogP contribution >= 0.6 is 0 Å². The molecule has 3 N–H and O–H groups in total. The van der Waals surface area contributed by atoms with E-state index in [9.17, 15) is 0 Å². The highest BCUT2D eigenvalue weighted by molar-refractivity contribution is 5.81. The third kappa shape index (κ3) is 3.86. The Bertz CT molecular complexity index is 312. The molecule has 3 nitrogen and oxygen atoms in total. The van der Waals surface area contributed by atoms with Gasteiger partial charge < -0.3 is 15.9 Å². The second-order valence-corrected chi connectivity index (χ2v) is 5.12. The van der Waals surface area contributed by atoms with Crippen molar-refractivity contribution in [1.82, 2.24) is 0 Å². The lowest BCUT2D eigenvalue weighted by atomic mass is 9.82. The van der Waals surface area contributed by atoms with Crippen molar-refractivity contribution in [2.24, 2.45) is 11.7 Å². The Kier molecular flexibility index (Phi) is 4.37. The average molecular weight is 222 g/mol. The molecule has 2 atom stereocenters. The standard InChI is InChI=1S/C13H22N2O/c1-4-11(15)7-10-8-12(5-6-14)16-13(2,3)9-10/h10,12,15H,4,7-9,14H2,1-3H3. The van der Waals surface area contributed by atoms with E-state index < -0.39 is 0 Å². The smallest absolute Gasteiger partial charge is 0.121 e. The molecule has 0 spiro atoms. The van der Waals surface area contributed by atoms with Gasteiger partial charge in [-0.2, -0.15) is 0 Å². The summed E-state index contributed by atoms with van der Waals surface area (Å²) in [5, 5.41) is 7.77. The highest BCUT2D eigenvalue weighted by Gasteiger charge is 2.34. The van der Waals surface area contributed by atoms with Gasteiger partial charge in [-0.25, -0.2) is 0 Å². The molecule has 16 heavy (non-hydrogen) atoms. The van der Waals surface area contributed by atoms with Crippen LogP contribution in [0, 0.1) is 23.3 Å². The Morgan fingerprint density at radius 2 is 2.25 bits per heavy atom. The molecule has 1 saturated heterocycles. The van der Waals surface area contributed by atoms with E-state index in [1.807, 2.05) is 6.92 Å². The first kappa shape index (κ1) is 13.1. The summed E-state index contributed by atoms with van der Waals surface area (Å²) in [4.78, 5) is 0. The van der Waals surface area contributed by atoms with Gasteiger partial charge in [-0.05, 0) is 51.4 Å². The van der Waals surface area contributed by atoms with Gasteiger partial charge in [0.05, 0.1) is 5.60 Å². The quantitative estimate of drug-likeness (QED) is 0.437. The number of nitrogens with one attached hydrogen (secondary N) is 1. The number of hydrogen-bond acceptors (Lipinski definition) is 3. The average Bonchev–Trinajstić information content (AvgIpc) is 2.15. The Labute approximate surface area is 98.3 Å². The molecule has 0 bridgehead atoms. The van der Waals surface area contributed by atoms with Gasteiger partial charge in [0.1, 0.15) is 6.10 Å². The lowest BCUT2D eigenvalue weighted by Crippen LogP contribution is -2.39. The first-order valence-electron chi connectivity index (χ1n) is 5.92. The summed E-state index contributed by atoms with van der Waals surface area (Å²) < 4.78 is 5.84. The van der Waals surface area contributed by atoms with Crippen molar-refractivity contribution in [3.05, 3.63) is 0 Å². The number of hydrogen-bond donors (Lipinski definition) is 2. The van der Waals surface area contributed by atoms with Crippen LogP contribution in [0.1, 0.15) is 46.5 Å². The van der Waals surface area contributed by atoms with Gasteiger partial charge in [-0.15, -0.1) is 0 Å². The van der Waals surface area contributed by atoms with Gasteiger partial charge in [0.2, 0.25) is 0 Å². The molecular weight excluding hydrogens is 200 g/mol. The Morgan fingerprint density at radius 1 is 1.56 bits per heavy atom. The van der Waals surface area contributed by atoms with Crippen LogP contribution in [0.15, 0.2) is 0 Å². The summed E-state index contributed by atoms with van der Waals surface area (Å²) in [6.07, 6.45) is 3.54. The number of ether oxygens (including phenoxy) is 1. The molecule has 1 aliphatic heterocycles. The molecule has 0 radical (unpaired) electrons. The van der Waals surface area contributed by atoms with Crippen LogP contribution in [0.4, 0.5) is 0 Å². The van der Waals surface area contributed by atoms with Crippen molar-refractivity contribution in [1.29, 1.82) is 5.41 Å². The van der Waals surface area contributed by atoms with Crippen molar-refractivity contribution in [3.63, 3.8) is 0 Å². The van der Waals surface area contributed by atoms with Crippen LogP contribution in [0.25, 0.3) is 0 Å². The van der Waals surface area contributed by atoms with Gasteiger partial charge in [-0.3, -0.25) is 0 Å². The zero-order chi connectivity index (χ0) is 12.2. The zero-order valence-corrected chi connectivity index (χ0v) is 10.5. The maximum atomic E-state index is 7.77. The predicted molar refractivity (Wildman–Crippen MR) is 66.3 cm³/mol. The van der Waals surface area contributed by atoms with Crippen molar-refractivity contribution < 1.29 is 4.74 Å². The lowest BCUT2D eigenvalue weighted by Gasteiger charge is -2.38. The minimum absolute atomic E-state index is 0.0663. The normalized spacial score (nSPS) is 27.9. The lowest BCUT2D eigenvalue weighted by molar-refractivity contribution is -0.101. The van der Waals surface area contributed by atoms with Crippen LogP contribution in [0.3, 0.4) is 0 Å². The first-order valence-corrected chi connectivity index (χ1v) is 5.92. The minimum Gasteiger partial charge on any atom is -0.360 e. The summed E-state index contributed by atoms with van der Waals surface area (Å²) in [5.41, 5.74) is 5.91. The van der Waals surface area contributed by atoms with Crippen LogP contribution < -0.4 is 5.73 Å². The Balaban J connectivity index is 2.63. The van der Waals surface area contributed by atoms with E-state index in [1.54, 1.807) is 0 Å². The largest absolute Gasteiger partial charge is 0.360 e. The molecule has 0 aromatic carbocycles. The zero-order valence-electron chi connectivity index (χ0n) is 10.5. The van der Waals surface area contributed by atoms with Crippen LogP contribution in [0.2, 0.25) is 0 Å². The molecule has 1 fully saturated rings. The summed E-state index contributed by atoms with van der Waals surface area (Å²) >= 11 is 0. The molecule has 0 aliphatic carbocycles. The van der Waals surface area contributed by atoms with Crippen LogP contribution in [-0.4, -0.2) is 17.4 Å². The van der Waals surface area contributed by atoms with Crippen LogP contribution in [-0.2, 0) is 4.74 Å². The van der Waals surface area contributed by atoms with Gasteiger partial charge >= 0.3 is 0 Å². The third-order valence-corrected chi connectivity index (χ3v) is 3.00. The first-order chi connectivity index (χ1) is 7.46. The van der Waals surface area contributed by atoms with Crippen LogP contribution in [0.5, 0.6) is 0 Å². The van der Waals surface area contributed by atoms with Crippen molar-refractivity contribution in [2.45, 2.75) is 58.2 Å². The van der Waals surface area contributed by atoms with Gasteiger partial charge in [0, 0.05) is 11.8 Å². The predicted octanol–water partition coefficient (Wildman–Crippen LogP) is 2.30. The monoisotopic (exact) mass is 222 g/mol. The van der Waals surface area contributed by atoms with Gasteiger partial charge in [0.15, 0.2) is 0 Å². The van der Waals surface area contributed by atoms with Gasteiger partial charge in [0.25, 0.3) is 0 Å². The van der Waals surface area contributed by atoms with Crippen molar-refractivity contribution >= 4 is 5.71 Å². The fourth-order valence-corrected chi connectivity index (χ4v) is 2.39. The van der Waals surface area contributed by atoms with E-state index in [1.165, 1.54) is 0 Å². The second kappa shape index (κ2) is 5.36. The van der Waals surface area contributed by atoms with E-state index in [-0.39, 0.29) is 11.7 Å². The van der Waals surface area contributed by atoms with Gasteiger partial charge in [-0.1, -0.05) is 6.92 Å². The Morgan fingerprint density at radius 3 is 2.81 bits per heavy atom. The molecule has 0 saturated carbocycles. The summed E-state index contributed by atoms with van der Waals surface area (Å²) in [6, 6.07) is 2.43. The fourth-order valence-electron chi connectivity index (χ4n) is 2.39. The maximum absolute atomic E-state index is 7.77. The molecular formula is C13H22N2O. The molecule has 90 valence electrons. The van der Waals surface area contributed by atoms with E-state index in [2.05, 4.69) is 25.8 Å². The number of rotatable bonds is 3. The topological polar surface area (TPSA) is 59.1 Å². The van der Waals surface area contributed by atoms with E-state index in [4.69, 9.17) is 15.9 Å². The molecule has 3 heteroatoms. The van der Waals surface area contributed by atoms with E-state index >= 15 is 0 Å². The molecule has 2 unspecified atom stereocenters. The molecule has 1 aliphatic rings. The maximum Gasteiger partial charge on any atom is 0.121 e. The third-order valence-electron chi connectivity index (χ3n) is 3.00. The molecule has 0 amide bonds. The minimum atomic E-state index is -0.147. The molecule has 1 heterocycles. The number of nitrogens with two attached hydrogens (primary N) is 1. The van der Waals surface area contributed by atoms with E-state index in [0.717, 1.165) is 31.4 Å². The summed E-state index contributed by atoms with van der Waals surface area (Å²) in [5.74, 6) is 3.40. The molecule has 0 aromatic heterocycles. The summed E-state index contributed by atoms with van der Waals surface area (Å²) in [7, 11) is 0. The highest BCUT2D eigenvalue weighted by atomic mass is 16.5.